The number of hydrogen-bond acceptors (Lipinski definition) is 5. The average molecular weight is 288 g/mol. The largest absolute Gasteiger partial charge is 0.388 e. The molecule has 5 nitrogen and oxygen atoms in total. The van der Waals surface area contributed by atoms with Gasteiger partial charge in [0.15, 0.2) is 0 Å². The van der Waals surface area contributed by atoms with Gasteiger partial charge in [-0.2, -0.15) is 0 Å². The van der Waals surface area contributed by atoms with Gasteiger partial charge in [0.05, 0.1) is 11.8 Å². The van der Waals surface area contributed by atoms with Gasteiger partial charge in [-0.3, -0.25) is 10.7 Å². The minimum atomic E-state index is -0.550. The first kappa shape index (κ1) is 15.4. The Bertz CT molecular complexity index is 628. The van der Waals surface area contributed by atoms with Crippen molar-refractivity contribution in [2.24, 2.45) is 5.18 Å². The molecule has 1 atom stereocenters. The van der Waals surface area contributed by atoms with Crippen LogP contribution in [-0.2, 0) is 0 Å². The highest BCUT2D eigenvalue weighted by Gasteiger charge is 2.12. The molecule has 0 fully saturated rings. The van der Waals surface area contributed by atoms with Crippen molar-refractivity contribution in [3.05, 3.63) is 40.8 Å². The second-order valence-electron chi connectivity index (χ2n) is 5.15. The maximum absolute atomic E-state index is 10.9. The molecule has 0 radical (unpaired) electrons. The van der Waals surface area contributed by atoms with Gasteiger partial charge in [0.2, 0.25) is 0 Å². The van der Waals surface area contributed by atoms with E-state index in [1.54, 1.807) is 24.3 Å². The number of hydrogen-bond donors (Lipinski definition) is 3. The molecule has 0 aromatic heterocycles. The number of aliphatic hydroxyl groups excluding tert-OH is 1. The fourth-order valence-electron chi connectivity index (χ4n) is 2.49. The zero-order valence-electron chi connectivity index (χ0n) is 12.0. The quantitative estimate of drug-likeness (QED) is 0.393. The molecule has 0 saturated carbocycles. The zero-order valence-corrected chi connectivity index (χ0v) is 12.0. The number of nitroso groups, excluding NO2 is 1. The molecule has 0 aliphatic rings. The summed E-state index contributed by atoms with van der Waals surface area (Å²) in [7, 11) is 0. The lowest BCUT2D eigenvalue weighted by Gasteiger charge is -2.13. The molecule has 3 N–H and O–H groups in total. The summed E-state index contributed by atoms with van der Waals surface area (Å²) in [6, 6.07) is 8.50. The van der Waals surface area contributed by atoms with Crippen molar-refractivity contribution >= 4 is 22.1 Å². The normalized spacial score (nSPS) is 12.3. The van der Waals surface area contributed by atoms with E-state index in [1.807, 2.05) is 6.07 Å². The van der Waals surface area contributed by atoms with E-state index in [9.17, 15) is 10.0 Å². The number of nitrogens with one attached hydrogen (secondary N) is 1. The highest BCUT2D eigenvalue weighted by Crippen LogP contribution is 2.34. The maximum Gasteiger partial charge on any atom is 0.115 e. The smallest absolute Gasteiger partial charge is 0.115 e. The van der Waals surface area contributed by atoms with Gasteiger partial charge in [0.25, 0.3) is 0 Å². The lowest BCUT2D eigenvalue weighted by Crippen LogP contribution is -1.98. The molecule has 1 unspecified atom stereocenters. The molecule has 0 amide bonds. The van der Waals surface area contributed by atoms with Gasteiger partial charge in [-0.1, -0.05) is 38.3 Å². The fourth-order valence-corrected chi connectivity index (χ4v) is 2.49. The number of anilines is 1. The molecule has 0 bridgehead atoms. The van der Waals surface area contributed by atoms with E-state index < -0.39 is 6.10 Å². The topological polar surface area (TPSA) is 81.9 Å². The molecule has 0 aliphatic heterocycles. The van der Waals surface area contributed by atoms with Crippen molar-refractivity contribution in [1.82, 2.24) is 0 Å². The lowest BCUT2D eigenvalue weighted by atomic mass is 9.98. The molecule has 0 spiro atoms. The van der Waals surface area contributed by atoms with Crippen LogP contribution in [0.2, 0.25) is 0 Å². The van der Waals surface area contributed by atoms with Crippen LogP contribution >= 0.6 is 0 Å². The van der Waals surface area contributed by atoms with Crippen molar-refractivity contribution in [2.75, 3.05) is 5.48 Å². The minimum absolute atomic E-state index is 0.298. The van der Waals surface area contributed by atoms with Crippen LogP contribution in [-0.4, -0.2) is 10.3 Å². The van der Waals surface area contributed by atoms with Crippen molar-refractivity contribution < 1.29 is 10.3 Å². The van der Waals surface area contributed by atoms with Crippen LogP contribution in [0, 0.1) is 4.91 Å². The van der Waals surface area contributed by atoms with E-state index in [4.69, 9.17) is 5.21 Å². The standard InChI is InChI=1S/C16H20N2O3/c1-2-3-4-5-16(19)11-6-7-12-13(10-11)15(18-21)9-8-14(12)17-20/h6-10,16-17,19-20H,2-5H2,1H3. The summed E-state index contributed by atoms with van der Waals surface area (Å²) in [6.45, 7) is 2.12. The third kappa shape index (κ3) is 3.37. The molecule has 5 heteroatoms. The van der Waals surface area contributed by atoms with Crippen molar-refractivity contribution in [2.45, 2.75) is 38.7 Å². The Morgan fingerprint density at radius 1 is 1.19 bits per heavy atom. The molecule has 21 heavy (non-hydrogen) atoms. The van der Waals surface area contributed by atoms with Crippen LogP contribution in [0.3, 0.4) is 0 Å². The molecule has 2 rings (SSSR count). The molecule has 0 heterocycles. The summed E-state index contributed by atoms with van der Waals surface area (Å²) in [5.74, 6) is 0. The average Bonchev–Trinajstić information content (AvgIpc) is 2.53. The van der Waals surface area contributed by atoms with E-state index in [0.717, 1.165) is 24.8 Å². The number of benzene rings is 2. The second-order valence-corrected chi connectivity index (χ2v) is 5.15. The number of aliphatic hydroxyl groups is 1. The summed E-state index contributed by atoms with van der Waals surface area (Å²) in [5.41, 5.74) is 3.67. The molecule has 2 aromatic carbocycles. The van der Waals surface area contributed by atoms with Gasteiger partial charge in [0, 0.05) is 10.8 Å². The maximum atomic E-state index is 10.9. The number of nitrogens with zero attached hydrogens (tertiary/aromatic N) is 1. The summed E-state index contributed by atoms with van der Waals surface area (Å²) in [6.07, 6.45) is 3.30. The number of fused-ring (bicyclic) bond motifs is 1. The Labute approximate surface area is 123 Å². The predicted octanol–water partition coefficient (Wildman–Crippen LogP) is 4.65. The van der Waals surface area contributed by atoms with Crippen LogP contribution in [0.15, 0.2) is 35.5 Å². The predicted molar refractivity (Wildman–Crippen MR) is 83.9 cm³/mol. The van der Waals surface area contributed by atoms with E-state index >= 15 is 0 Å². The first-order valence-electron chi connectivity index (χ1n) is 7.19. The summed E-state index contributed by atoms with van der Waals surface area (Å²) in [4.78, 5) is 10.9. The lowest BCUT2D eigenvalue weighted by molar-refractivity contribution is 0.164. The third-order valence-corrected chi connectivity index (χ3v) is 3.70. The van der Waals surface area contributed by atoms with E-state index in [2.05, 4.69) is 17.6 Å². The molecule has 112 valence electrons. The van der Waals surface area contributed by atoms with Gasteiger partial charge in [0.1, 0.15) is 5.69 Å². The third-order valence-electron chi connectivity index (χ3n) is 3.70. The monoisotopic (exact) mass is 288 g/mol. The number of unbranched alkanes of at least 4 members (excludes halogenated alkanes) is 2. The molecule has 0 saturated heterocycles. The zero-order chi connectivity index (χ0) is 15.2. The second kappa shape index (κ2) is 7.15. The first-order valence-corrected chi connectivity index (χ1v) is 7.19. The summed E-state index contributed by atoms with van der Waals surface area (Å²) < 4.78 is 0. The number of rotatable bonds is 7. The summed E-state index contributed by atoms with van der Waals surface area (Å²) in [5, 5.41) is 23.7. The van der Waals surface area contributed by atoms with E-state index in [0.29, 0.717) is 28.6 Å². The Morgan fingerprint density at radius 2 is 2.00 bits per heavy atom. The van der Waals surface area contributed by atoms with Gasteiger partial charge in [-0.15, -0.1) is 4.91 Å². The highest BCUT2D eigenvalue weighted by atomic mass is 16.5. The van der Waals surface area contributed by atoms with Crippen LogP contribution in [0.1, 0.15) is 44.3 Å². The van der Waals surface area contributed by atoms with Crippen LogP contribution in [0.4, 0.5) is 11.4 Å². The van der Waals surface area contributed by atoms with Gasteiger partial charge in [-0.05, 0) is 35.4 Å². The van der Waals surface area contributed by atoms with Crippen molar-refractivity contribution in [3.63, 3.8) is 0 Å². The van der Waals surface area contributed by atoms with Gasteiger partial charge < -0.3 is 5.11 Å². The van der Waals surface area contributed by atoms with Crippen LogP contribution in [0.5, 0.6) is 0 Å². The minimum Gasteiger partial charge on any atom is -0.388 e. The van der Waals surface area contributed by atoms with E-state index in [1.165, 1.54) is 0 Å². The molecular formula is C16H20N2O3. The highest BCUT2D eigenvalue weighted by molar-refractivity contribution is 6.01. The Morgan fingerprint density at radius 3 is 2.67 bits per heavy atom. The Hall–Kier alpha value is -1.98. The SMILES string of the molecule is CCCCCC(O)c1ccc2c(NO)ccc(N=O)c2c1. The summed E-state index contributed by atoms with van der Waals surface area (Å²) >= 11 is 0. The van der Waals surface area contributed by atoms with E-state index in [-0.39, 0.29) is 0 Å². The van der Waals surface area contributed by atoms with Gasteiger partial charge >= 0.3 is 0 Å². The Kier molecular flexibility index (Phi) is 5.25. The molecular weight excluding hydrogens is 268 g/mol. The van der Waals surface area contributed by atoms with Crippen molar-refractivity contribution in [3.8, 4) is 0 Å². The van der Waals surface area contributed by atoms with Gasteiger partial charge in [-0.25, -0.2) is 0 Å². The van der Waals surface area contributed by atoms with Crippen LogP contribution < -0.4 is 5.48 Å². The van der Waals surface area contributed by atoms with Crippen molar-refractivity contribution in [1.29, 1.82) is 0 Å². The molecule has 0 aliphatic carbocycles. The van der Waals surface area contributed by atoms with Crippen LogP contribution in [0.25, 0.3) is 10.8 Å². The molecule has 2 aromatic rings. The Balaban J connectivity index is 2.37. The first-order chi connectivity index (χ1) is 10.2. The fraction of sp³-hybridized carbons (Fsp3) is 0.375.